The summed E-state index contributed by atoms with van der Waals surface area (Å²) in [6, 6.07) is 15.5. The van der Waals surface area contributed by atoms with Gasteiger partial charge in [-0.2, -0.15) is 0 Å². The summed E-state index contributed by atoms with van der Waals surface area (Å²) < 4.78 is 15.8. The average molecular weight is 527 g/mol. The van der Waals surface area contributed by atoms with Crippen LogP contribution >= 0.6 is 0 Å². The van der Waals surface area contributed by atoms with Crippen LogP contribution in [0.3, 0.4) is 0 Å². The molecule has 2 aromatic carbocycles. The molecule has 0 radical (unpaired) electrons. The standard InChI is InChI=1S/C33H39FN2.C3H8/c1-23(2)25(5)18-29(15-11-14-28-12-9-8-10-13-28)26(6)27(7)33-21-36(22-35-33)20-30-16-17-31(34)19-32(30)24(3)4;1-3-2/h8-10,12-13,16-19,21-23,27H,3,5-6,11,14-15,20H2,1-2,4,7H3;3H2,1-2H3/b29-18-;. The van der Waals surface area contributed by atoms with Gasteiger partial charge in [0.25, 0.3) is 0 Å². The summed E-state index contributed by atoms with van der Waals surface area (Å²) in [6.07, 6.45) is 10.4. The Morgan fingerprint density at radius 1 is 1.03 bits per heavy atom. The van der Waals surface area contributed by atoms with Gasteiger partial charge in [-0.25, -0.2) is 9.37 Å². The molecule has 0 aliphatic rings. The third-order valence-corrected chi connectivity index (χ3v) is 6.77. The summed E-state index contributed by atoms with van der Waals surface area (Å²) in [7, 11) is 0. The van der Waals surface area contributed by atoms with Crippen LogP contribution in [0, 0.1) is 11.7 Å². The SMILES string of the molecule is C=C(C)c1cc(F)ccc1Cn1cnc(C(C)C(=C)/C(=C\C(=C)C(C)C)CCCc2ccccc2)c1.CCC. The number of hydrogen-bond acceptors (Lipinski definition) is 1. The number of imidazole rings is 1. The Morgan fingerprint density at radius 3 is 2.31 bits per heavy atom. The van der Waals surface area contributed by atoms with Gasteiger partial charge in [-0.05, 0) is 72.1 Å². The molecular weight excluding hydrogens is 479 g/mol. The molecule has 1 atom stereocenters. The molecule has 39 heavy (non-hydrogen) atoms. The summed E-state index contributed by atoms with van der Waals surface area (Å²) in [5.41, 5.74) is 8.49. The fraction of sp³-hybridized carbons (Fsp3) is 0.361. The zero-order chi connectivity index (χ0) is 28.9. The lowest BCUT2D eigenvalue weighted by Crippen LogP contribution is -2.04. The van der Waals surface area contributed by atoms with Crippen molar-refractivity contribution in [3.8, 4) is 0 Å². The van der Waals surface area contributed by atoms with Gasteiger partial charge in [0.05, 0.1) is 12.0 Å². The van der Waals surface area contributed by atoms with Crippen molar-refractivity contribution in [3.63, 3.8) is 0 Å². The van der Waals surface area contributed by atoms with Crippen LogP contribution < -0.4 is 0 Å². The second kappa shape index (κ2) is 15.8. The minimum Gasteiger partial charge on any atom is -0.333 e. The Labute approximate surface area is 236 Å². The largest absolute Gasteiger partial charge is 0.333 e. The maximum atomic E-state index is 13.8. The molecule has 2 nitrogen and oxygen atoms in total. The zero-order valence-electron chi connectivity index (χ0n) is 24.9. The Morgan fingerprint density at radius 2 is 1.69 bits per heavy atom. The Hall–Kier alpha value is -3.46. The second-order valence-corrected chi connectivity index (χ2v) is 10.7. The highest BCUT2D eigenvalue weighted by molar-refractivity contribution is 5.64. The predicted octanol–water partition coefficient (Wildman–Crippen LogP) is 10.3. The molecule has 0 bridgehead atoms. The van der Waals surface area contributed by atoms with E-state index in [0.717, 1.165) is 52.8 Å². The van der Waals surface area contributed by atoms with Gasteiger partial charge in [0.2, 0.25) is 0 Å². The number of halogens is 1. The summed E-state index contributed by atoms with van der Waals surface area (Å²) in [5, 5.41) is 0. The van der Waals surface area contributed by atoms with Crippen LogP contribution in [-0.2, 0) is 13.0 Å². The number of hydrogen-bond donors (Lipinski definition) is 0. The van der Waals surface area contributed by atoms with Gasteiger partial charge in [-0.15, -0.1) is 0 Å². The minimum atomic E-state index is -0.248. The maximum absolute atomic E-state index is 13.8. The van der Waals surface area contributed by atoms with E-state index in [1.54, 1.807) is 6.07 Å². The quantitative estimate of drug-likeness (QED) is 0.215. The normalized spacial score (nSPS) is 12.1. The molecule has 0 spiro atoms. The van der Waals surface area contributed by atoms with Crippen LogP contribution in [0.1, 0.15) is 89.1 Å². The van der Waals surface area contributed by atoms with Crippen molar-refractivity contribution in [2.75, 3.05) is 0 Å². The van der Waals surface area contributed by atoms with Crippen LogP contribution in [0.4, 0.5) is 4.39 Å². The summed E-state index contributed by atoms with van der Waals surface area (Å²) in [6.45, 7) is 26.1. The third kappa shape index (κ3) is 9.98. The molecule has 1 heterocycles. The van der Waals surface area contributed by atoms with E-state index in [1.807, 2.05) is 23.9 Å². The van der Waals surface area contributed by atoms with Crippen LogP contribution in [-0.4, -0.2) is 9.55 Å². The number of allylic oxidation sites excluding steroid dienone is 5. The number of aryl methyl sites for hydroxylation is 1. The lowest BCUT2D eigenvalue weighted by molar-refractivity contribution is 0.625. The molecule has 0 N–H and O–H groups in total. The first-order valence-corrected chi connectivity index (χ1v) is 14.2. The average Bonchev–Trinajstić information content (AvgIpc) is 3.37. The van der Waals surface area contributed by atoms with Gasteiger partial charge in [0.1, 0.15) is 5.82 Å². The summed E-state index contributed by atoms with van der Waals surface area (Å²) in [5.74, 6) is 0.209. The van der Waals surface area contributed by atoms with E-state index in [1.165, 1.54) is 23.6 Å². The van der Waals surface area contributed by atoms with Crippen molar-refractivity contribution in [3.05, 3.63) is 132 Å². The van der Waals surface area contributed by atoms with E-state index in [4.69, 9.17) is 4.98 Å². The van der Waals surface area contributed by atoms with Gasteiger partial charge in [0, 0.05) is 18.7 Å². The van der Waals surface area contributed by atoms with Gasteiger partial charge in [-0.1, -0.05) is 114 Å². The van der Waals surface area contributed by atoms with Crippen molar-refractivity contribution in [2.24, 2.45) is 5.92 Å². The molecule has 0 amide bonds. The minimum absolute atomic E-state index is 0.0722. The second-order valence-electron chi connectivity index (χ2n) is 10.7. The fourth-order valence-electron chi connectivity index (χ4n) is 4.27. The smallest absolute Gasteiger partial charge is 0.123 e. The van der Waals surface area contributed by atoms with Gasteiger partial charge < -0.3 is 4.57 Å². The number of benzene rings is 2. The van der Waals surface area contributed by atoms with Crippen molar-refractivity contribution < 1.29 is 4.39 Å². The molecule has 0 aliphatic heterocycles. The molecule has 1 unspecified atom stereocenters. The number of nitrogens with zero attached hydrogens (tertiary/aromatic N) is 2. The fourth-order valence-corrected chi connectivity index (χ4v) is 4.27. The molecule has 1 aromatic heterocycles. The van der Waals surface area contributed by atoms with Crippen LogP contribution in [0.15, 0.2) is 104 Å². The molecule has 3 rings (SSSR count). The first-order chi connectivity index (χ1) is 18.6. The first-order valence-electron chi connectivity index (χ1n) is 14.2. The molecule has 0 fully saturated rings. The van der Waals surface area contributed by atoms with Crippen molar-refractivity contribution in [1.82, 2.24) is 9.55 Å². The molecule has 3 heteroatoms. The molecule has 208 valence electrons. The number of aromatic nitrogens is 2. The molecule has 0 saturated heterocycles. The zero-order valence-corrected chi connectivity index (χ0v) is 24.9. The Kier molecular flexibility index (Phi) is 12.9. The van der Waals surface area contributed by atoms with Gasteiger partial charge >= 0.3 is 0 Å². The van der Waals surface area contributed by atoms with E-state index in [2.05, 4.69) is 97.0 Å². The summed E-state index contributed by atoms with van der Waals surface area (Å²) in [4.78, 5) is 4.71. The molecular formula is C36H47FN2. The highest BCUT2D eigenvalue weighted by atomic mass is 19.1. The Bertz CT molecular complexity index is 1260. The highest BCUT2D eigenvalue weighted by Gasteiger charge is 2.17. The third-order valence-electron chi connectivity index (χ3n) is 6.77. The van der Waals surface area contributed by atoms with E-state index in [9.17, 15) is 4.39 Å². The Balaban J connectivity index is 0.00000170. The van der Waals surface area contributed by atoms with Crippen LogP contribution in [0.25, 0.3) is 5.57 Å². The molecule has 3 aromatic rings. The van der Waals surface area contributed by atoms with E-state index < -0.39 is 0 Å². The van der Waals surface area contributed by atoms with E-state index in [0.29, 0.717) is 12.5 Å². The monoisotopic (exact) mass is 526 g/mol. The molecule has 0 saturated carbocycles. The van der Waals surface area contributed by atoms with E-state index in [-0.39, 0.29) is 11.7 Å². The molecule has 0 aliphatic carbocycles. The predicted molar refractivity (Wildman–Crippen MR) is 167 cm³/mol. The van der Waals surface area contributed by atoms with Gasteiger partial charge in [-0.3, -0.25) is 0 Å². The van der Waals surface area contributed by atoms with Crippen molar-refractivity contribution >= 4 is 5.57 Å². The summed E-state index contributed by atoms with van der Waals surface area (Å²) >= 11 is 0. The van der Waals surface area contributed by atoms with E-state index >= 15 is 0 Å². The van der Waals surface area contributed by atoms with Crippen molar-refractivity contribution in [1.29, 1.82) is 0 Å². The van der Waals surface area contributed by atoms with Crippen molar-refractivity contribution in [2.45, 2.75) is 79.7 Å². The van der Waals surface area contributed by atoms with Gasteiger partial charge in [0.15, 0.2) is 0 Å². The maximum Gasteiger partial charge on any atom is 0.123 e. The van der Waals surface area contributed by atoms with Crippen LogP contribution in [0.5, 0.6) is 0 Å². The highest BCUT2D eigenvalue weighted by Crippen LogP contribution is 2.31. The first kappa shape index (κ1) is 31.8. The number of rotatable bonds is 12. The lowest BCUT2D eigenvalue weighted by atomic mass is 9.87. The van der Waals surface area contributed by atoms with Crippen LogP contribution in [0.2, 0.25) is 0 Å². The topological polar surface area (TPSA) is 17.8 Å². The lowest BCUT2D eigenvalue weighted by Gasteiger charge is -2.18.